The standard InChI is InChI=1S/C11H19BrO2/c1-2-10(12)11(13)14-8-9-6-4-3-5-7-9/h9-10H,2-8H2,1H3. The fourth-order valence-electron chi connectivity index (χ4n) is 1.81. The van der Waals surface area contributed by atoms with E-state index in [9.17, 15) is 4.79 Å². The van der Waals surface area contributed by atoms with Crippen LogP contribution in [0.25, 0.3) is 0 Å². The second kappa shape index (κ2) is 6.44. The third-order valence-electron chi connectivity index (χ3n) is 2.80. The van der Waals surface area contributed by atoms with Gasteiger partial charge in [-0.1, -0.05) is 42.1 Å². The quantitative estimate of drug-likeness (QED) is 0.574. The van der Waals surface area contributed by atoms with Crippen LogP contribution in [0, 0.1) is 5.92 Å². The summed E-state index contributed by atoms with van der Waals surface area (Å²) in [6.45, 7) is 2.60. The third kappa shape index (κ3) is 3.99. The van der Waals surface area contributed by atoms with Crippen LogP contribution in [-0.2, 0) is 9.53 Å². The van der Waals surface area contributed by atoms with Crippen molar-refractivity contribution < 1.29 is 9.53 Å². The van der Waals surface area contributed by atoms with Crippen LogP contribution in [0.3, 0.4) is 0 Å². The van der Waals surface area contributed by atoms with Crippen molar-refractivity contribution in [3.05, 3.63) is 0 Å². The molecule has 0 aromatic carbocycles. The van der Waals surface area contributed by atoms with Crippen LogP contribution in [0.5, 0.6) is 0 Å². The van der Waals surface area contributed by atoms with Gasteiger partial charge in [-0.2, -0.15) is 0 Å². The molecule has 0 heterocycles. The lowest BCUT2D eigenvalue weighted by atomic mass is 9.90. The molecule has 2 nitrogen and oxygen atoms in total. The van der Waals surface area contributed by atoms with Gasteiger partial charge in [0.2, 0.25) is 0 Å². The van der Waals surface area contributed by atoms with E-state index in [1.165, 1.54) is 32.1 Å². The van der Waals surface area contributed by atoms with Gasteiger partial charge in [-0.3, -0.25) is 4.79 Å². The summed E-state index contributed by atoms with van der Waals surface area (Å²) in [5.41, 5.74) is 0. The molecule has 0 N–H and O–H groups in total. The number of ether oxygens (including phenoxy) is 1. The third-order valence-corrected chi connectivity index (χ3v) is 3.82. The summed E-state index contributed by atoms with van der Waals surface area (Å²) in [5.74, 6) is 0.516. The van der Waals surface area contributed by atoms with Crippen molar-refractivity contribution in [1.29, 1.82) is 0 Å². The van der Waals surface area contributed by atoms with E-state index >= 15 is 0 Å². The molecule has 0 bridgehead atoms. The highest BCUT2D eigenvalue weighted by Gasteiger charge is 2.18. The highest BCUT2D eigenvalue weighted by atomic mass is 79.9. The van der Waals surface area contributed by atoms with Crippen LogP contribution in [0.4, 0.5) is 0 Å². The Bertz CT molecular complexity index is 176. The fraction of sp³-hybridized carbons (Fsp3) is 0.909. The van der Waals surface area contributed by atoms with Crippen LogP contribution in [0.15, 0.2) is 0 Å². The Balaban J connectivity index is 2.15. The lowest BCUT2D eigenvalue weighted by Crippen LogP contribution is -2.21. The molecule has 0 aliphatic heterocycles. The van der Waals surface area contributed by atoms with E-state index in [2.05, 4.69) is 15.9 Å². The normalized spacial score (nSPS) is 20.4. The monoisotopic (exact) mass is 262 g/mol. The second-order valence-electron chi connectivity index (χ2n) is 4.01. The summed E-state index contributed by atoms with van der Waals surface area (Å²) in [6, 6.07) is 0. The number of hydrogen-bond acceptors (Lipinski definition) is 2. The summed E-state index contributed by atoms with van der Waals surface area (Å²) in [5, 5.41) is 0. The number of hydrogen-bond donors (Lipinski definition) is 0. The summed E-state index contributed by atoms with van der Waals surface area (Å²) in [4.78, 5) is 11.2. The predicted molar refractivity (Wildman–Crippen MR) is 60.5 cm³/mol. The summed E-state index contributed by atoms with van der Waals surface area (Å²) in [7, 11) is 0. The minimum Gasteiger partial charge on any atom is -0.465 e. The lowest BCUT2D eigenvalue weighted by molar-refractivity contribution is -0.144. The molecule has 1 atom stereocenters. The first-order chi connectivity index (χ1) is 6.74. The van der Waals surface area contributed by atoms with E-state index < -0.39 is 0 Å². The van der Waals surface area contributed by atoms with Crippen molar-refractivity contribution >= 4 is 21.9 Å². The van der Waals surface area contributed by atoms with Crippen molar-refractivity contribution in [2.24, 2.45) is 5.92 Å². The molecule has 1 saturated carbocycles. The van der Waals surface area contributed by atoms with Crippen molar-refractivity contribution in [2.45, 2.75) is 50.3 Å². The molecule has 0 amide bonds. The van der Waals surface area contributed by atoms with Crippen LogP contribution < -0.4 is 0 Å². The molecule has 0 spiro atoms. The Morgan fingerprint density at radius 3 is 2.64 bits per heavy atom. The first-order valence-electron chi connectivity index (χ1n) is 5.54. The molecule has 82 valence electrons. The van der Waals surface area contributed by atoms with Crippen molar-refractivity contribution in [3.63, 3.8) is 0 Å². The SMILES string of the molecule is CCC(Br)C(=O)OCC1CCCCC1. The van der Waals surface area contributed by atoms with Gasteiger partial charge in [-0.25, -0.2) is 0 Å². The average Bonchev–Trinajstić information content (AvgIpc) is 2.26. The molecule has 14 heavy (non-hydrogen) atoms. The van der Waals surface area contributed by atoms with Gasteiger partial charge >= 0.3 is 5.97 Å². The topological polar surface area (TPSA) is 26.3 Å². The molecule has 1 unspecified atom stereocenters. The Labute approximate surface area is 94.5 Å². The van der Waals surface area contributed by atoms with E-state index in [1.807, 2.05) is 6.92 Å². The molecule has 1 aliphatic rings. The van der Waals surface area contributed by atoms with Gasteiger partial charge in [-0.05, 0) is 25.2 Å². The Hall–Kier alpha value is -0.0500. The van der Waals surface area contributed by atoms with Crippen LogP contribution in [0.1, 0.15) is 45.4 Å². The molecule has 1 fully saturated rings. The first-order valence-corrected chi connectivity index (χ1v) is 6.46. The molecule has 0 aromatic heterocycles. The van der Waals surface area contributed by atoms with Gasteiger partial charge in [-0.15, -0.1) is 0 Å². The predicted octanol–water partition coefficient (Wildman–Crippen LogP) is 3.28. The minimum absolute atomic E-state index is 0.0990. The maximum absolute atomic E-state index is 11.3. The molecule has 3 heteroatoms. The number of alkyl halides is 1. The molecular weight excluding hydrogens is 244 g/mol. The Morgan fingerprint density at radius 1 is 1.43 bits per heavy atom. The van der Waals surface area contributed by atoms with E-state index in [0.29, 0.717) is 12.5 Å². The maximum atomic E-state index is 11.3. The zero-order valence-corrected chi connectivity index (χ0v) is 10.4. The lowest BCUT2D eigenvalue weighted by Gasteiger charge is -2.21. The molecule has 1 aliphatic carbocycles. The summed E-state index contributed by atoms with van der Waals surface area (Å²) in [6.07, 6.45) is 7.20. The highest BCUT2D eigenvalue weighted by Crippen LogP contribution is 2.24. The number of rotatable bonds is 4. The van der Waals surface area contributed by atoms with Crippen LogP contribution in [0.2, 0.25) is 0 Å². The van der Waals surface area contributed by atoms with E-state index in [-0.39, 0.29) is 10.8 Å². The fourth-order valence-corrected chi connectivity index (χ4v) is 1.94. The van der Waals surface area contributed by atoms with E-state index in [0.717, 1.165) is 6.42 Å². The van der Waals surface area contributed by atoms with E-state index in [1.54, 1.807) is 0 Å². The smallest absolute Gasteiger partial charge is 0.319 e. The zero-order chi connectivity index (χ0) is 10.4. The molecule has 0 saturated heterocycles. The van der Waals surface area contributed by atoms with Crippen molar-refractivity contribution in [1.82, 2.24) is 0 Å². The van der Waals surface area contributed by atoms with Crippen LogP contribution >= 0.6 is 15.9 Å². The number of esters is 1. The zero-order valence-electron chi connectivity index (χ0n) is 8.80. The van der Waals surface area contributed by atoms with Crippen molar-refractivity contribution in [2.75, 3.05) is 6.61 Å². The highest BCUT2D eigenvalue weighted by molar-refractivity contribution is 9.10. The van der Waals surface area contributed by atoms with Crippen molar-refractivity contribution in [3.8, 4) is 0 Å². The number of halogens is 1. The van der Waals surface area contributed by atoms with Gasteiger partial charge in [0, 0.05) is 0 Å². The second-order valence-corrected chi connectivity index (χ2v) is 5.12. The van der Waals surface area contributed by atoms with Gasteiger partial charge in [0.05, 0.1) is 6.61 Å². The minimum atomic E-state index is -0.119. The molecular formula is C11H19BrO2. The molecule has 0 radical (unpaired) electrons. The average molecular weight is 263 g/mol. The molecule has 1 rings (SSSR count). The Kier molecular flexibility index (Phi) is 5.53. The van der Waals surface area contributed by atoms with Gasteiger partial charge in [0.1, 0.15) is 4.83 Å². The number of carbonyl (C=O) groups is 1. The van der Waals surface area contributed by atoms with E-state index in [4.69, 9.17) is 4.74 Å². The summed E-state index contributed by atoms with van der Waals surface area (Å²) >= 11 is 3.29. The number of carbonyl (C=O) groups excluding carboxylic acids is 1. The largest absolute Gasteiger partial charge is 0.465 e. The van der Waals surface area contributed by atoms with Gasteiger partial charge in [0.25, 0.3) is 0 Å². The van der Waals surface area contributed by atoms with Gasteiger partial charge in [0.15, 0.2) is 0 Å². The maximum Gasteiger partial charge on any atom is 0.319 e. The van der Waals surface area contributed by atoms with Gasteiger partial charge < -0.3 is 4.74 Å². The Morgan fingerprint density at radius 2 is 2.07 bits per heavy atom. The molecule has 0 aromatic rings. The first kappa shape index (κ1) is 12.0. The summed E-state index contributed by atoms with van der Waals surface area (Å²) < 4.78 is 5.25. The van der Waals surface area contributed by atoms with Crippen LogP contribution in [-0.4, -0.2) is 17.4 Å².